The Labute approximate surface area is 51.7 Å². The van der Waals surface area contributed by atoms with E-state index in [2.05, 4.69) is 11.9 Å². The van der Waals surface area contributed by atoms with Gasteiger partial charge in [-0.05, 0) is 25.9 Å². The molecule has 1 fully saturated rings. The van der Waals surface area contributed by atoms with Gasteiger partial charge in [0.15, 0.2) is 0 Å². The summed E-state index contributed by atoms with van der Waals surface area (Å²) in [6.07, 6.45) is 5.52. The van der Waals surface area contributed by atoms with Crippen molar-refractivity contribution in [3.8, 4) is 0 Å². The fraction of sp³-hybridized carbons (Fsp3) is 0.857. The minimum absolute atomic E-state index is 1.21. The van der Waals surface area contributed by atoms with Gasteiger partial charge in [-0.1, -0.05) is 12.8 Å². The number of hydrogen-bond donors (Lipinski definition) is 0. The molecule has 0 N–H and O–H groups in total. The molecule has 0 saturated carbocycles. The first-order valence-corrected chi connectivity index (χ1v) is 3.45. The Balaban J connectivity index is 2.17. The highest BCUT2D eigenvalue weighted by Crippen LogP contribution is 2.07. The molecule has 0 amide bonds. The lowest BCUT2D eigenvalue weighted by atomic mass is 10.2. The lowest BCUT2D eigenvalue weighted by Crippen LogP contribution is -2.15. The van der Waals surface area contributed by atoms with E-state index in [9.17, 15) is 0 Å². The Kier molecular flexibility index (Phi) is 2.34. The molecule has 8 heavy (non-hydrogen) atoms. The zero-order valence-corrected chi connectivity index (χ0v) is 5.40. The van der Waals surface area contributed by atoms with Crippen LogP contribution in [0.1, 0.15) is 25.7 Å². The van der Waals surface area contributed by atoms with Crippen LogP contribution < -0.4 is 0 Å². The van der Waals surface area contributed by atoms with E-state index < -0.39 is 0 Å². The van der Waals surface area contributed by atoms with Gasteiger partial charge in [-0.2, -0.15) is 0 Å². The molecule has 0 aromatic carbocycles. The molecule has 1 nitrogen and oxygen atoms in total. The summed E-state index contributed by atoms with van der Waals surface area (Å²) in [5.74, 6) is 0. The molecule has 1 heterocycles. The van der Waals surface area contributed by atoms with Crippen LogP contribution in [0.5, 0.6) is 0 Å². The molecular weight excluding hydrogens is 98.1 g/mol. The largest absolute Gasteiger partial charge is 0.459 e. The van der Waals surface area contributed by atoms with Gasteiger partial charge in [0.1, 0.15) is 0 Å². The minimum atomic E-state index is 1.21. The molecule has 48 valence electrons. The zero-order chi connectivity index (χ0) is 5.82. The summed E-state index contributed by atoms with van der Waals surface area (Å²) in [6, 6.07) is 0. The molecule has 0 bridgehead atoms. The van der Waals surface area contributed by atoms with Crippen molar-refractivity contribution in [1.82, 2.24) is 4.90 Å². The van der Waals surface area contributed by atoms with Crippen LogP contribution in [0, 0.1) is 7.05 Å². The van der Waals surface area contributed by atoms with Gasteiger partial charge in [-0.3, -0.25) is 7.05 Å². The molecule has 0 radical (unpaired) electrons. The molecular formula is C7H14N-. The number of rotatable bonds is 0. The Morgan fingerprint density at radius 2 is 1.38 bits per heavy atom. The Bertz CT molecular complexity index is 53.4. The predicted molar refractivity (Wildman–Crippen MR) is 35.4 cm³/mol. The predicted octanol–water partition coefficient (Wildman–Crippen LogP) is 1.65. The average Bonchev–Trinajstić information content (AvgIpc) is 1.94. The monoisotopic (exact) mass is 112 g/mol. The first kappa shape index (κ1) is 6.09. The summed E-state index contributed by atoms with van der Waals surface area (Å²) >= 11 is 0. The van der Waals surface area contributed by atoms with Crippen LogP contribution in [-0.2, 0) is 0 Å². The summed E-state index contributed by atoms with van der Waals surface area (Å²) in [5, 5.41) is 0. The van der Waals surface area contributed by atoms with Gasteiger partial charge < -0.3 is 4.90 Å². The number of likely N-dealkylation sites (tertiary alicyclic amines) is 1. The highest BCUT2D eigenvalue weighted by molar-refractivity contribution is 4.60. The molecule has 0 aromatic heterocycles. The highest BCUT2D eigenvalue weighted by atomic mass is 15.1. The second-order valence-corrected chi connectivity index (χ2v) is 2.53. The molecule has 1 aliphatic heterocycles. The first-order chi connectivity index (χ1) is 3.89. The van der Waals surface area contributed by atoms with E-state index in [4.69, 9.17) is 0 Å². The molecule has 0 atom stereocenters. The van der Waals surface area contributed by atoms with Gasteiger partial charge in [0.25, 0.3) is 0 Å². The SMILES string of the molecule is [CH2-]N1CCCCCC1. The maximum absolute atomic E-state index is 3.89. The van der Waals surface area contributed by atoms with E-state index >= 15 is 0 Å². The standard InChI is InChI=1S/C7H14N/c1-8-6-4-2-3-5-7-8/h1-7H2/q-1. The average molecular weight is 112 g/mol. The van der Waals surface area contributed by atoms with Crippen LogP contribution in [0.15, 0.2) is 0 Å². The van der Waals surface area contributed by atoms with Crippen molar-refractivity contribution in [3.63, 3.8) is 0 Å². The van der Waals surface area contributed by atoms with Crippen molar-refractivity contribution in [2.75, 3.05) is 13.1 Å². The van der Waals surface area contributed by atoms with Crippen LogP contribution in [0.4, 0.5) is 0 Å². The maximum atomic E-state index is 3.89. The zero-order valence-electron chi connectivity index (χ0n) is 5.40. The molecule has 0 aliphatic carbocycles. The fourth-order valence-corrected chi connectivity index (χ4v) is 1.14. The summed E-state index contributed by atoms with van der Waals surface area (Å²) in [4.78, 5) is 2.17. The van der Waals surface area contributed by atoms with Crippen LogP contribution in [0.3, 0.4) is 0 Å². The van der Waals surface area contributed by atoms with E-state index in [-0.39, 0.29) is 0 Å². The maximum Gasteiger partial charge on any atom is -0.0304 e. The Morgan fingerprint density at radius 1 is 0.875 bits per heavy atom. The Hall–Kier alpha value is -0.0400. The molecule has 0 spiro atoms. The van der Waals surface area contributed by atoms with Crippen LogP contribution in [0.25, 0.3) is 0 Å². The van der Waals surface area contributed by atoms with Gasteiger partial charge in [0.05, 0.1) is 0 Å². The fourth-order valence-electron chi connectivity index (χ4n) is 1.14. The minimum Gasteiger partial charge on any atom is -0.459 e. The lowest BCUT2D eigenvalue weighted by molar-refractivity contribution is 0.386. The molecule has 0 unspecified atom stereocenters. The summed E-state index contributed by atoms with van der Waals surface area (Å²) < 4.78 is 0. The van der Waals surface area contributed by atoms with Gasteiger partial charge in [0.2, 0.25) is 0 Å². The van der Waals surface area contributed by atoms with Crippen molar-refractivity contribution in [2.45, 2.75) is 25.7 Å². The summed E-state index contributed by atoms with van der Waals surface area (Å²) in [5.41, 5.74) is 0. The molecule has 1 saturated heterocycles. The topological polar surface area (TPSA) is 3.24 Å². The van der Waals surface area contributed by atoms with Crippen LogP contribution in [-0.4, -0.2) is 18.0 Å². The van der Waals surface area contributed by atoms with E-state index in [1.165, 1.54) is 38.8 Å². The summed E-state index contributed by atoms with van der Waals surface area (Å²) in [7, 11) is 3.89. The van der Waals surface area contributed by atoms with E-state index in [0.29, 0.717) is 0 Å². The van der Waals surface area contributed by atoms with Crippen molar-refractivity contribution in [1.29, 1.82) is 0 Å². The molecule has 1 aliphatic rings. The van der Waals surface area contributed by atoms with Gasteiger partial charge >= 0.3 is 0 Å². The van der Waals surface area contributed by atoms with Crippen LogP contribution >= 0.6 is 0 Å². The van der Waals surface area contributed by atoms with Crippen molar-refractivity contribution in [2.24, 2.45) is 0 Å². The highest BCUT2D eigenvalue weighted by Gasteiger charge is 1.97. The first-order valence-electron chi connectivity index (χ1n) is 3.45. The van der Waals surface area contributed by atoms with Crippen LogP contribution in [0.2, 0.25) is 0 Å². The van der Waals surface area contributed by atoms with Crippen molar-refractivity contribution >= 4 is 0 Å². The smallest absolute Gasteiger partial charge is 0.0304 e. The van der Waals surface area contributed by atoms with Gasteiger partial charge in [-0.15, -0.1) is 0 Å². The third kappa shape index (κ3) is 1.83. The number of hydrogen-bond acceptors (Lipinski definition) is 1. The second-order valence-electron chi connectivity index (χ2n) is 2.53. The second kappa shape index (κ2) is 3.08. The summed E-state index contributed by atoms with van der Waals surface area (Å²) in [6.45, 7) is 2.42. The van der Waals surface area contributed by atoms with E-state index in [1.807, 2.05) is 0 Å². The van der Waals surface area contributed by atoms with Gasteiger partial charge in [0, 0.05) is 0 Å². The van der Waals surface area contributed by atoms with Crippen molar-refractivity contribution in [3.05, 3.63) is 7.05 Å². The Morgan fingerprint density at radius 3 is 1.88 bits per heavy atom. The lowest BCUT2D eigenvalue weighted by Gasteiger charge is -2.20. The van der Waals surface area contributed by atoms with Gasteiger partial charge in [-0.25, -0.2) is 0 Å². The molecule has 1 rings (SSSR count). The molecule has 0 aromatic rings. The van der Waals surface area contributed by atoms with E-state index in [1.54, 1.807) is 0 Å². The third-order valence-electron chi connectivity index (χ3n) is 1.70. The normalized spacial score (nSPS) is 25.1. The molecule has 1 heteroatoms. The quantitative estimate of drug-likeness (QED) is 0.431. The third-order valence-corrected chi connectivity index (χ3v) is 1.70. The number of nitrogens with zero attached hydrogens (tertiary/aromatic N) is 1. The van der Waals surface area contributed by atoms with E-state index in [0.717, 1.165) is 0 Å². The van der Waals surface area contributed by atoms with Crippen molar-refractivity contribution < 1.29 is 0 Å².